The minimum atomic E-state index is 0.991. The molecule has 0 fully saturated rings. The highest BCUT2D eigenvalue weighted by Crippen LogP contribution is 2.05. The van der Waals surface area contributed by atoms with Crippen LogP contribution in [0.1, 0.15) is 19.4 Å². The van der Waals surface area contributed by atoms with Crippen LogP contribution in [-0.2, 0) is 0 Å². The molecule has 0 bridgehead atoms. The summed E-state index contributed by atoms with van der Waals surface area (Å²) in [6.07, 6.45) is 3.33. The van der Waals surface area contributed by atoms with Gasteiger partial charge in [0, 0.05) is 0 Å². The molecule has 1 heterocycles. The average Bonchev–Trinajstić information content (AvgIpc) is 2.75. The van der Waals surface area contributed by atoms with Gasteiger partial charge in [-0.25, -0.2) is 0 Å². The second-order valence-corrected chi connectivity index (χ2v) is 2.65. The van der Waals surface area contributed by atoms with E-state index in [1.165, 1.54) is 5.56 Å². The van der Waals surface area contributed by atoms with E-state index >= 15 is 0 Å². The van der Waals surface area contributed by atoms with Crippen molar-refractivity contribution in [3.05, 3.63) is 42.2 Å². The molecule has 1 aromatic heterocycles. The highest BCUT2D eigenvalue weighted by Gasteiger charge is 1.94. The molecule has 0 amide bonds. The van der Waals surface area contributed by atoms with E-state index in [2.05, 4.69) is 17.1 Å². The number of rotatable bonds is 1. The van der Waals surface area contributed by atoms with Gasteiger partial charge in [-0.3, -0.25) is 0 Å². The number of aryl methyl sites for hydroxylation is 1. The molecule has 1 aromatic carbocycles. The zero-order valence-corrected chi connectivity index (χ0v) is 8.81. The molecule has 0 saturated carbocycles. The molecule has 2 rings (SSSR count). The summed E-state index contributed by atoms with van der Waals surface area (Å²) in [4.78, 5) is 1.60. The van der Waals surface area contributed by atoms with E-state index in [-0.39, 0.29) is 0 Å². The monoisotopic (exact) mass is 189 g/mol. The van der Waals surface area contributed by atoms with E-state index in [4.69, 9.17) is 0 Å². The summed E-state index contributed by atoms with van der Waals surface area (Å²) >= 11 is 0. The Labute approximate surface area is 84.4 Å². The summed E-state index contributed by atoms with van der Waals surface area (Å²) in [6, 6.07) is 8.07. The minimum Gasteiger partial charge on any atom is -0.157 e. The first-order chi connectivity index (χ1) is 6.86. The van der Waals surface area contributed by atoms with Crippen molar-refractivity contribution >= 4 is 0 Å². The quantitative estimate of drug-likeness (QED) is 0.690. The molecular formula is C11H15N3. The Kier molecular flexibility index (Phi) is 3.85. The van der Waals surface area contributed by atoms with Crippen LogP contribution in [0.5, 0.6) is 0 Å². The van der Waals surface area contributed by atoms with E-state index in [1.54, 1.807) is 17.2 Å². The van der Waals surface area contributed by atoms with Crippen molar-refractivity contribution in [1.29, 1.82) is 0 Å². The van der Waals surface area contributed by atoms with Crippen molar-refractivity contribution in [1.82, 2.24) is 15.0 Å². The number of aromatic nitrogens is 3. The van der Waals surface area contributed by atoms with Gasteiger partial charge in [0.25, 0.3) is 0 Å². The van der Waals surface area contributed by atoms with Gasteiger partial charge in [-0.1, -0.05) is 31.5 Å². The molecular weight excluding hydrogens is 174 g/mol. The summed E-state index contributed by atoms with van der Waals surface area (Å²) in [7, 11) is 0. The third-order valence-electron chi connectivity index (χ3n) is 1.68. The molecule has 0 aliphatic carbocycles. The van der Waals surface area contributed by atoms with E-state index in [1.807, 2.05) is 38.1 Å². The van der Waals surface area contributed by atoms with Crippen molar-refractivity contribution in [3.8, 4) is 5.69 Å². The topological polar surface area (TPSA) is 30.7 Å². The Balaban J connectivity index is 0.000000461. The first-order valence-electron chi connectivity index (χ1n) is 4.79. The van der Waals surface area contributed by atoms with Gasteiger partial charge in [-0.05, 0) is 19.1 Å². The van der Waals surface area contributed by atoms with Crippen molar-refractivity contribution in [2.24, 2.45) is 0 Å². The molecule has 0 aliphatic heterocycles. The molecule has 74 valence electrons. The summed E-state index contributed by atoms with van der Waals surface area (Å²) < 4.78 is 0. The van der Waals surface area contributed by atoms with Crippen LogP contribution in [0.2, 0.25) is 0 Å². The lowest BCUT2D eigenvalue weighted by Gasteiger charge is -1.98. The van der Waals surface area contributed by atoms with Crippen molar-refractivity contribution in [2.75, 3.05) is 0 Å². The van der Waals surface area contributed by atoms with Crippen LogP contribution in [0, 0.1) is 6.92 Å². The SMILES string of the molecule is CC.Cc1ccc(-n2nccn2)cc1. The third kappa shape index (κ3) is 2.42. The Morgan fingerprint density at radius 2 is 1.43 bits per heavy atom. The number of nitrogens with zero attached hydrogens (tertiary/aromatic N) is 3. The maximum absolute atomic E-state index is 4.02. The zero-order valence-electron chi connectivity index (χ0n) is 8.81. The Bertz CT molecular complexity index is 349. The van der Waals surface area contributed by atoms with Crippen LogP contribution in [-0.4, -0.2) is 15.0 Å². The van der Waals surface area contributed by atoms with Gasteiger partial charge in [0.1, 0.15) is 0 Å². The molecule has 14 heavy (non-hydrogen) atoms. The fourth-order valence-electron chi connectivity index (χ4n) is 1.03. The Morgan fingerprint density at radius 1 is 0.929 bits per heavy atom. The average molecular weight is 189 g/mol. The fraction of sp³-hybridized carbons (Fsp3) is 0.273. The zero-order chi connectivity index (χ0) is 10.4. The lowest BCUT2D eigenvalue weighted by atomic mass is 10.2. The minimum absolute atomic E-state index is 0.991. The van der Waals surface area contributed by atoms with Gasteiger partial charge in [0.05, 0.1) is 18.1 Å². The van der Waals surface area contributed by atoms with Crippen molar-refractivity contribution in [2.45, 2.75) is 20.8 Å². The molecule has 0 aliphatic rings. The molecule has 0 saturated heterocycles. The lowest BCUT2D eigenvalue weighted by molar-refractivity contribution is 0.752. The van der Waals surface area contributed by atoms with Crippen LogP contribution in [0.3, 0.4) is 0 Å². The van der Waals surface area contributed by atoms with Gasteiger partial charge in [-0.15, -0.1) is 0 Å². The fourth-order valence-corrected chi connectivity index (χ4v) is 1.03. The normalized spacial score (nSPS) is 9.07. The molecule has 3 heteroatoms. The molecule has 0 N–H and O–H groups in total. The van der Waals surface area contributed by atoms with E-state index in [9.17, 15) is 0 Å². The van der Waals surface area contributed by atoms with Gasteiger partial charge in [0.2, 0.25) is 0 Å². The summed E-state index contributed by atoms with van der Waals surface area (Å²) in [5, 5.41) is 8.04. The van der Waals surface area contributed by atoms with E-state index in [0.717, 1.165) is 5.69 Å². The van der Waals surface area contributed by atoms with Crippen LogP contribution in [0.25, 0.3) is 5.69 Å². The smallest absolute Gasteiger partial charge is 0.0856 e. The van der Waals surface area contributed by atoms with Crippen molar-refractivity contribution < 1.29 is 0 Å². The van der Waals surface area contributed by atoms with Gasteiger partial charge < -0.3 is 0 Å². The number of hydrogen-bond acceptors (Lipinski definition) is 2. The van der Waals surface area contributed by atoms with E-state index in [0.29, 0.717) is 0 Å². The molecule has 0 spiro atoms. The van der Waals surface area contributed by atoms with Crippen LogP contribution in [0.15, 0.2) is 36.7 Å². The molecule has 0 radical (unpaired) electrons. The number of benzene rings is 1. The molecule has 0 atom stereocenters. The maximum Gasteiger partial charge on any atom is 0.0856 e. The van der Waals surface area contributed by atoms with Gasteiger partial charge in [-0.2, -0.15) is 15.0 Å². The summed E-state index contributed by atoms with van der Waals surface area (Å²) in [5.41, 5.74) is 2.23. The van der Waals surface area contributed by atoms with Crippen LogP contribution < -0.4 is 0 Å². The first kappa shape index (κ1) is 10.4. The number of hydrogen-bond donors (Lipinski definition) is 0. The predicted molar refractivity (Wildman–Crippen MR) is 57.4 cm³/mol. The highest BCUT2D eigenvalue weighted by atomic mass is 15.5. The summed E-state index contributed by atoms with van der Waals surface area (Å²) in [5.74, 6) is 0. The maximum atomic E-state index is 4.02. The second kappa shape index (κ2) is 5.17. The molecule has 3 nitrogen and oxygen atoms in total. The third-order valence-corrected chi connectivity index (χ3v) is 1.68. The van der Waals surface area contributed by atoms with Gasteiger partial charge in [0.15, 0.2) is 0 Å². The Morgan fingerprint density at radius 3 is 1.93 bits per heavy atom. The lowest BCUT2D eigenvalue weighted by Crippen LogP contribution is -1.97. The van der Waals surface area contributed by atoms with Gasteiger partial charge >= 0.3 is 0 Å². The first-order valence-corrected chi connectivity index (χ1v) is 4.79. The standard InChI is InChI=1S/C9H9N3.C2H6/c1-8-2-4-9(5-3-8)12-10-6-7-11-12;1-2/h2-7H,1H3;1-2H3. The molecule has 2 aromatic rings. The second-order valence-electron chi connectivity index (χ2n) is 2.65. The summed E-state index contributed by atoms with van der Waals surface area (Å²) in [6.45, 7) is 6.06. The molecule has 0 unspecified atom stereocenters. The van der Waals surface area contributed by atoms with Crippen molar-refractivity contribution in [3.63, 3.8) is 0 Å². The Hall–Kier alpha value is -1.64. The highest BCUT2D eigenvalue weighted by molar-refractivity contribution is 5.31. The van der Waals surface area contributed by atoms with E-state index < -0.39 is 0 Å². The van der Waals surface area contributed by atoms with Crippen LogP contribution >= 0.6 is 0 Å². The van der Waals surface area contributed by atoms with Crippen LogP contribution in [0.4, 0.5) is 0 Å². The largest absolute Gasteiger partial charge is 0.157 e. The predicted octanol–water partition coefficient (Wildman–Crippen LogP) is 2.60.